The van der Waals surface area contributed by atoms with Crippen LogP contribution in [0.1, 0.15) is 33.3 Å². The summed E-state index contributed by atoms with van der Waals surface area (Å²) in [4.78, 5) is 16.0. The lowest BCUT2D eigenvalue weighted by atomic mass is 10.0. The van der Waals surface area contributed by atoms with Crippen LogP contribution in [0, 0.1) is 0 Å². The Labute approximate surface area is 140 Å². The Morgan fingerprint density at radius 2 is 1.96 bits per heavy atom. The number of hydrogen-bond acceptors (Lipinski definition) is 6. The van der Waals surface area contributed by atoms with Crippen LogP contribution in [0.3, 0.4) is 0 Å². The molecule has 2 rings (SSSR count). The van der Waals surface area contributed by atoms with E-state index < -0.39 is 11.7 Å². The van der Waals surface area contributed by atoms with Gasteiger partial charge < -0.3 is 4.74 Å². The molecule has 7 nitrogen and oxygen atoms in total. The molecule has 0 aromatic heterocycles. The summed E-state index contributed by atoms with van der Waals surface area (Å²) >= 11 is 5.88. The van der Waals surface area contributed by atoms with Crippen molar-refractivity contribution in [1.82, 2.24) is 16.3 Å². The molecule has 124 valence electrons. The van der Waals surface area contributed by atoms with Gasteiger partial charge >= 0.3 is 6.09 Å². The number of nitrogens with zero attached hydrogens (tertiary/aromatic N) is 2. The second-order valence-electron chi connectivity index (χ2n) is 6.02. The largest absolute Gasteiger partial charge is 0.443 e. The number of hydrogen-bond donors (Lipinski definition) is 3. The first-order chi connectivity index (χ1) is 10.7. The number of amides is 1. The van der Waals surface area contributed by atoms with E-state index >= 15 is 0 Å². The highest BCUT2D eigenvalue weighted by Gasteiger charge is 2.19. The number of halogens is 1. The second-order valence-corrected chi connectivity index (χ2v) is 6.46. The van der Waals surface area contributed by atoms with Crippen molar-refractivity contribution in [3.8, 4) is 0 Å². The van der Waals surface area contributed by atoms with Gasteiger partial charge in [0, 0.05) is 10.6 Å². The van der Waals surface area contributed by atoms with Crippen LogP contribution in [0.4, 0.5) is 4.79 Å². The maximum absolute atomic E-state index is 11.6. The van der Waals surface area contributed by atoms with Gasteiger partial charge in [0.1, 0.15) is 5.60 Å². The van der Waals surface area contributed by atoms with E-state index in [0.29, 0.717) is 11.0 Å². The van der Waals surface area contributed by atoms with Crippen molar-refractivity contribution in [1.29, 1.82) is 0 Å². The molecule has 1 heterocycles. The highest BCUT2D eigenvalue weighted by Crippen LogP contribution is 2.14. The van der Waals surface area contributed by atoms with Crippen molar-refractivity contribution >= 4 is 29.4 Å². The number of guanidine groups is 1. The van der Waals surface area contributed by atoms with Crippen molar-refractivity contribution in [2.75, 3.05) is 0 Å². The highest BCUT2D eigenvalue weighted by molar-refractivity contribution is 6.30. The number of hydrazine groups is 1. The highest BCUT2D eigenvalue weighted by atomic mass is 35.5. The zero-order valence-corrected chi connectivity index (χ0v) is 14.2. The molecular formula is C15H20ClN5O2. The Morgan fingerprint density at radius 3 is 2.52 bits per heavy atom. The van der Waals surface area contributed by atoms with Gasteiger partial charge in [-0.05, 0) is 39.8 Å². The molecule has 0 saturated carbocycles. The van der Waals surface area contributed by atoms with E-state index in [0.717, 1.165) is 11.3 Å². The van der Waals surface area contributed by atoms with Crippen LogP contribution >= 0.6 is 11.6 Å². The Kier molecular flexibility index (Phi) is 5.10. The smallest absolute Gasteiger partial charge is 0.426 e. The normalized spacial score (nSPS) is 17.5. The van der Waals surface area contributed by atoms with E-state index in [4.69, 9.17) is 16.3 Å². The SMILES string of the molecule is CC1N=C(NNC(=O)OC(C)(C)C)NN=C1c1ccc(Cl)cc1. The summed E-state index contributed by atoms with van der Waals surface area (Å²) in [7, 11) is 0. The number of benzene rings is 1. The molecule has 1 amide bonds. The van der Waals surface area contributed by atoms with E-state index in [9.17, 15) is 4.79 Å². The van der Waals surface area contributed by atoms with E-state index in [1.54, 1.807) is 32.9 Å². The molecule has 8 heteroatoms. The Hall–Kier alpha value is -2.28. The van der Waals surface area contributed by atoms with Gasteiger partial charge in [-0.15, -0.1) is 0 Å². The molecule has 1 aromatic carbocycles. The third kappa shape index (κ3) is 5.14. The fourth-order valence-corrected chi connectivity index (χ4v) is 2.02. The summed E-state index contributed by atoms with van der Waals surface area (Å²) < 4.78 is 5.11. The molecule has 1 unspecified atom stereocenters. The molecule has 0 radical (unpaired) electrons. The van der Waals surface area contributed by atoms with Gasteiger partial charge in [0.05, 0.1) is 11.8 Å². The number of carbonyl (C=O) groups is 1. The molecular weight excluding hydrogens is 318 g/mol. The Morgan fingerprint density at radius 1 is 1.30 bits per heavy atom. The van der Waals surface area contributed by atoms with Crippen molar-refractivity contribution in [3.05, 3.63) is 34.9 Å². The minimum absolute atomic E-state index is 0.180. The summed E-state index contributed by atoms with van der Waals surface area (Å²) in [6.07, 6.45) is -0.595. The van der Waals surface area contributed by atoms with Crippen molar-refractivity contribution in [3.63, 3.8) is 0 Å². The van der Waals surface area contributed by atoms with Gasteiger partial charge in [0.2, 0.25) is 5.96 Å². The molecule has 1 atom stereocenters. The molecule has 1 aliphatic heterocycles. The summed E-state index contributed by atoms with van der Waals surface area (Å²) in [6, 6.07) is 7.18. The fraction of sp³-hybridized carbons (Fsp3) is 0.400. The molecule has 3 N–H and O–H groups in total. The van der Waals surface area contributed by atoms with Crippen LogP contribution in [0.2, 0.25) is 5.02 Å². The van der Waals surface area contributed by atoms with Crippen LogP contribution in [0.5, 0.6) is 0 Å². The van der Waals surface area contributed by atoms with Crippen LogP contribution in [-0.4, -0.2) is 29.4 Å². The van der Waals surface area contributed by atoms with E-state index in [2.05, 4.69) is 26.4 Å². The molecule has 0 fully saturated rings. The lowest BCUT2D eigenvalue weighted by molar-refractivity contribution is 0.0512. The number of aliphatic imine (C=N–C) groups is 1. The topological polar surface area (TPSA) is 87.1 Å². The molecule has 0 saturated heterocycles. The first kappa shape index (κ1) is 17.1. The van der Waals surface area contributed by atoms with E-state index in [1.165, 1.54) is 0 Å². The van der Waals surface area contributed by atoms with Crippen LogP contribution in [-0.2, 0) is 4.74 Å². The average Bonchev–Trinajstić information content (AvgIpc) is 2.45. The third-order valence-electron chi connectivity index (χ3n) is 2.82. The van der Waals surface area contributed by atoms with Gasteiger partial charge in [-0.1, -0.05) is 23.7 Å². The van der Waals surface area contributed by atoms with Gasteiger partial charge in [-0.25, -0.2) is 20.6 Å². The number of ether oxygens (including phenoxy) is 1. The van der Waals surface area contributed by atoms with E-state index in [-0.39, 0.29) is 6.04 Å². The second kappa shape index (κ2) is 6.87. The number of nitrogens with one attached hydrogen (secondary N) is 3. The number of carbonyl (C=O) groups excluding carboxylic acids is 1. The average molecular weight is 338 g/mol. The maximum Gasteiger partial charge on any atom is 0.426 e. The minimum atomic E-state index is -0.595. The lowest BCUT2D eigenvalue weighted by Gasteiger charge is -2.22. The first-order valence-corrected chi connectivity index (χ1v) is 7.55. The van der Waals surface area contributed by atoms with E-state index in [1.807, 2.05) is 19.1 Å². The molecule has 0 spiro atoms. The van der Waals surface area contributed by atoms with Gasteiger partial charge in [0.15, 0.2) is 0 Å². The summed E-state index contributed by atoms with van der Waals surface area (Å²) in [6.45, 7) is 7.26. The fourth-order valence-electron chi connectivity index (χ4n) is 1.89. The van der Waals surface area contributed by atoms with Crippen molar-refractivity contribution in [2.45, 2.75) is 39.3 Å². The maximum atomic E-state index is 11.6. The monoisotopic (exact) mass is 337 g/mol. The number of rotatable bonds is 1. The summed E-state index contributed by atoms with van der Waals surface area (Å²) in [5, 5.41) is 4.95. The van der Waals surface area contributed by atoms with Crippen molar-refractivity contribution < 1.29 is 9.53 Å². The van der Waals surface area contributed by atoms with Gasteiger partial charge in [0.25, 0.3) is 0 Å². The third-order valence-corrected chi connectivity index (χ3v) is 3.07. The van der Waals surface area contributed by atoms with Crippen molar-refractivity contribution in [2.24, 2.45) is 10.1 Å². The summed E-state index contributed by atoms with van der Waals surface area (Å²) in [5.74, 6) is 0.334. The Balaban J connectivity index is 1.93. The number of hydrazone groups is 1. The van der Waals surface area contributed by atoms with Gasteiger partial charge in [-0.3, -0.25) is 5.43 Å². The predicted octanol–water partition coefficient (Wildman–Crippen LogP) is 2.42. The minimum Gasteiger partial charge on any atom is -0.443 e. The zero-order valence-electron chi connectivity index (χ0n) is 13.5. The summed E-state index contributed by atoms with van der Waals surface area (Å²) in [5.41, 5.74) is 8.94. The molecule has 0 aliphatic carbocycles. The molecule has 23 heavy (non-hydrogen) atoms. The Bertz CT molecular complexity index is 634. The zero-order chi connectivity index (χ0) is 17.0. The molecule has 0 bridgehead atoms. The van der Waals surface area contributed by atoms with Crippen LogP contribution in [0.25, 0.3) is 0 Å². The predicted molar refractivity (Wildman–Crippen MR) is 90.5 cm³/mol. The van der Waals surface area contributed by atoms with Crippen LogP contribution in [0.15, 0.2) is 34.4 Å². The van der Waals surface area contributed by atoms with Gasteiger partial charge in [-0.2, -0.15) is 5.10 Å². The lowest BCUT2D eigenvalue weighted by Crippen LogP contribution is -2.50. The standard InChI is InChI=1S/C15H20ClN5O2/c1-9-12(10-5-7-11(16)8-6-10)18-19-13(17-9)20-21-14(22)23-15(2,3)4/h5-9H,1-4H3,(H,21,22)(H2,17,19,20). The van der Waals surface area contributed by atoms with Crippen LogP contribution < -0.4 is 16.3 Å². The quantitative estimate of drug-likeness (QED) is 0.687. The molecule has 1 aliphatic rings. The molecule has 1 aromatic rings. The first-order valence-electron chi connectivity index (χ1n) is 7.17.